The number of carbonyl (C=O) groups excluding carboxylic acids is 2. The van der Waals surface area contributed by atoms with Gasteiger partial charge < -0.3 is 19.7 Å². The van der Waals surface area contributed by atoms with E-state index in [1.807, 2.05) is 86.6 Å². The summed E-state index contributed by atoms with van der Waals surface area (Å²) in [6, 6.07) is 23.2. The highest BCUT2D eigenvalue weighted by Gasteiger charge is 2.30. The predicted octanol–water partition coefficient (Wildman–Crippen LogP) is 4.82. The minimum absolute atomic E-state index is 0.0548. The van der Waals surface area contributed by atoms with Crippen molar-refractivity contribution < 1.29 is 19.1 Å². The van der Waals surface area contributed by atoms with Crippen molar-refractivity contribution in [3.05, 3.63) is 95.1 Å². The predicted molar refractivity (Wildman–Crippen MR) is 140 cm³/mol. The van der Waals surface area contributed by atoms with E-state index in [9.17, 15) is 9.59 Å². The van der Waals surface area contributed by atoms with E-state index in [4.69, 9.17) is 9.47 Å². The number of aryl methyl sites for hydroxylation is 2. The minimum atomic E-state index is -0.607. The molecule has 0 bridgehead atoms. The molecule has 1 N–H and O–H groups in total. The van der Waals surface area contributed by atoms with E-state index in [1.165, 1.54) is 0 Å². The zero-order valence-electron chi connectivity index (χ0n) is 21.0. The lowest BCUT2D eigenvalue weighted by Crippen LogP contribution is -2.50. The van der Waals surface area contributed by atoms with Crippen molar-refractivity contribution in [1.29, 1.82) is 0 Å². The maximum Gasteiger partial charge on any atom is 0.243 e. The van der Waals surface area contributed by atoms with Gasteiger partial charge >= 0.3 is 0 Å². The summed E-state index contributed by atoms with van der Waals surface area (Å²) in [5, 5.41) is 3.02. The normalized spacial score (nSPS) is 12.7. The second kappa shape index (κ2) is 12.2. The molecule has 1 heterocycles. The fraction of sp³-hybridized carbons (Fsp3) is 0.333. The summed E-state index contributed by atoms with van der Waals surface area (Å²) in [7, 11) is 0. The Hall–Kier alpha value is -3.80. The molecular formula is C30H34N2O4. The van der Waals surface area contributed by atoms with Gasteiger partial charge in [-0.25, -0.2) is 0 Å². The van der Waals surface area contributed by atoms with Gasteiger partial charge in [0.1, 0.15) is 6.04 Å². The van der Waals surface area contributed by atoms with Crippen LogP contribution in [0.15, 0.2) is 72.8 Å². The first-order valence-electron chi connectivity index (χ1n) is 12.6. The quantitative estimate of drug-likeness (QED) is 0.422. The summed E-state index contributed by atoms with van der Waals surface area (Å²) in [5.74, 6) is 1.25. The van der Waals surface area contributed by atoms with Crippen LogP contribution in [0.25, 0.3) is 0 Å². The van der Waals surface area contributed by atoms with Crippen molar-refractivity contribution in [2.24, 2.45) is 0 Å². The minimum Gasteiger partial charge on any atom is -0.454 e. The van der Waals surface area contributed by atoms with Crippen LogP contribution in [-0.4, -0.2) is 36.1 Å². The SMILES string of the molecule is CCCNC(=O)C(Cc1ccccc1)N(Cc1ccc(C)cc1)C(=O)CCc1ccc2c(c1)OCO2. The summed E-state index contributed by atoms with van der Waals surface area (Å²) in [6.07, 6.45) is 2.13. The van der Waals surface area contributed by atoms with Gasteiger partial charge in [-0.15, -0.1) is 0 Å². The number of rotatable bonds is 11. The van der Waals surface area contributed by atoms with E-state index < -0.39 is 6.04 Å². The first kappa shape index (κ1) is 25.3. The third kappa shape index (κ3) is 6.66. The Kier molecular flexibility index (Phi) is 8.61. The van der Waals surface area contributed by atoms with E-state index in [0.717, 1.165) is 34.4 Å². The van der Waals surface area contributed by atoms with Gasteiger partial charge in [-0.2, -0.15) is 0 Å². The van der Waals surface area contributed by atoms with Gasteiger partial charge in [0.05, 0.1) is 0 Å². The Labute approximate surface area is 213 Å². The first-order valence-corrected chi connectivity index (χ1v) is 12.6. The molecule has 188 valence electrons. The highest BCUT2D eigenvalue weighted by molar-refractivity contribution is 5.88. The molecule has 0 aliphatic carbocycles. The van der Waals surface area contributed by atoms with Crippen LogP contribution in [0.1, 0.15) is 42.0 Å². The topological polar surface area (TPSA) is 67.9 Å². The Morgan fingerprint density at radius 1 is 0.917 bits per heavy atom. The zero-order valence-corrected chi connectivity index (χ0v) is 21.0. The number of hydrogen-bond donors (Lipinski definition) is 1. The van der Waals surface area contributed by atoms with Crippen molar-refractivity contribution in [3.63, 3.8) is 0 Å². The van der Waals surface area contributed by atoms with Gasteiger partial charge in [-0.05, 0) is 48.6 Å². The molecule has 6 heteroatoms. The average Bonchev–Trinajstić information content (AvgIpc) is 3.37. The number of ether oxygens (including phenoxy) is 2. The third-order valence-corrected chi connectivity index (χ3v) is 6.36. The molecule has 1 atom stereocenters. The van der Waals surface area contributed by atoms with Crippen LogP contribution in [0, 0.1) is 6.92 Å². The van der Waals surface area contributed by atoms with Crippen LogP contribution in [0.5, 0.6) is 11.5 Å². The number of nitrogens with one attached hydrogen (secondary N) is 1. The lowest BCUT2D eigenvalue weighted by Gasteiger charge is -2.31. The Bertz CT molecular complexity index is 1160. The molecule has 0 spiro atoms. The summed E-state index contributed by atoms with van der Waals surface area (Å²) in [5.41, 5.74) is 4.17. The Morgan fingerprint density at radius 3 is 2.39 bits per heavy atom. The molecule has 0 saturated heterocycles. The lowest BCUT2D eigenvalue weighted by atomic mass is 10.0. The highest BCUT2D eigenvalue weighted by atomic mass is 16.7. The van der Waals surface area contributed by atoms with Crippen molar-refractivity contribution in [1.82, 2.24) is 10.2 Å². The van der Waals surface area contributed by atoms with E-state index in [1.54, 1.807) is 4.90 Å². The van der Waals surface area contributed by atoms with Crippen LogP contribution >= 0.6 is 0 Å². The molecule has 0 saturated carbocycles. The fourth-order valence-corrected chi connectivity index (χ4v) is 4.30. The molecule has 1 unspecified atom stereocenters. The maximum atomic E-state index is 13.7. The molecule has 0 aromatic heterocycles. The van der Waals surface area contributed by atoms with Gasteiger partial charge in [0.2, 0.25) is 18.6 Å². The van der Waals surface area contributed by atoms with E-state index in [-0.39, 0.29) is 25.0 Å². The number of carbonyl (C=O) groups is 2. The van der Waals surface area contributed by atoms with Crippen LogP contribution in [0.3, 0.4) is 0 Å². The van der Waals surface area contributed by atoms with Gasteiger partial charge in [-0.3, -0.25) is 9.59 Å². The fourth-order valence-electron chi connectivity index (χ4n) is 4.30. The standard InChI is InChI=1S/C30H34N2O4/c1-3-17-31-30(34)26(18-23-7-5-4-6-8-23)32(20-25-11-9-22(2)10-12-25)29(33)16-14-24-13-15-27-28(19-24)36-21-35-27/h4-13,15,19,26H,3,14,16-18,20-21H2,1-2H3,(H,31,34). The Morgan fingerprint density at radius 2 is 1.64 bits per heavy atom. The van der Waals surface area contributed by atoms with E-state index >= 15 is 0 Å². The van der Waals surface area contributed by atoms with Gasteiger partial charge in [-0.1, -0.05) is 73.2 Å². The summed E-state index contributed by atoms with van der Waals surface area (Å²) >= 11 is 0. The number of benzene rings is 3. The van der Waals surface area contributed by atoms with Crippen molar-refractivity contribution in [3.8, 4) is 11.5 Å². The van der Waals surface area contributed by atoms with Gasteiger partial charge in [0, 0.05) is 25.9 Å². The number of nitrogens with zero attached hydrogens (tertiary/aromatic N) is 1. The van der Waals surface area contributed by atoms with Crippen molar-refractivity contribution >= 4 is 11.8 Å². The van der Waals surface area contributed by atoms with E-state index in [0.29, 0.717) is 31.7 Å². The average molecular weight is 487 g/mol. The first-order chi connectivity index (χ1) is 17.5. The molecule has 0 fully saturated rings. The van der Waals surface area contributed by atoms with Crippen molar-refractivity contribution in [2.45, 2.75) is 52.1 Å². The molecule has 1 aliphatic heterocycles. The number of fused-ring (bicyclic) bond motifs is 1. The van der Waals surface area contributed by atoms with E-state index in [2.05, 4.69) is 5.32 Å². The van der Waals surface area contributed by atoms with Gasteiger partial charge in [0.25, 0.3) is 0 Å². The molecule has 36 heavy (non-hydrogen) atoms. The second-order valence-corrected chi connectivity index (χ2v) is 9.19. The number of amides is 2. The third-order valence-electron chi connectivity index (χ3n) is 6.36. The molecule has 4 rings (SSSR count). The molecule has 1 aliphatic rings. The van der Waals surface area contributed by atoms with Crippen LogP contribution in [0.2, 0.25) is 0 Å². The summed E-state index contributed by atoms with van der Waals surface area (Å²) in [4.78, 5) is 28.8. The van der Waals surface area contributed by atoms with Crippen LogP contribution in [0.4, 0.5) is 0 Å². The van der Waals surface area contributed by atoms with Crippen LogP contribution < -0.4 is 14.8 Å². The molecule has 0 radical (unpaired) electrons. The number of hydrogen-bond acceptors (Lipinski definition) is 4. The molecule has 2 amide bonds. The zero-order chi connectivity index (χ0) is 25.3. The summed E-state index contributed by atoms with van der Waals surface area (Å²) in [6.45, 7) is 5.23. The highest BCUT2D eigenvalue weighted by Crippen LogP contribution is 2.33. The molecule has 3 aromatic carbocycles. The smallest absolute Gasteiger partial charge is 0.243 e. The largest absolute Gasteiger partial charge is 0.454 e. The molecule has 3 aromatic rings. The lowest BCUT2D eigenvalue weighted by molar-refractivity contribution is -0.141. The van der Waals surface area contributed by atoms with Crippen molar-refractivity contribution in [2.75, 3.05) is 13.3 Å². The molecule has 6 nitrogen and oxygen atoms in total. The monoisotopic (exact) mass is 486 g/mol. The second-order valence-electron chi connectivity index (χ2n) is 9.19. The molecular weight excluding hydrogens is 452 g/mol. The Balaban J connectivity index is 1.57. The van der Waals surface area contributed by atoms with Gasteiger partial charge in [0.15, 0.2) is 11.5 Å². The van der Waals surface area contributed by atoms with Crippen LogP contribution in [-0.2, 0) is 29.0 Å². The maximum absolute atomic E-state index is 13.7. The summed E-state index contributed by atoms with van der Waals surface area (Å²) < 4.78 is 10.9.